The van der Waals surface area contributed by atoms with Gasteiger partial charge in [-0.2, -0.15) is 0 Å². The van der Waals surface area contributed by atoms with Crippen LogP contribution in [0.1, 0.15) is 107 Å². The number of ether oxygens (including phenoxy) is 3. The molecule has 0 aromatic heterocycles. The van der Waals surface area contributed by atoms with Crippen molar-refractivity contribution in [1.82, 2.24) is 0 Å². The van der Waals surface area contributed by atoms with Crippen LogP contribution < -0.4 is 0 Å². The summed E-state index contributed by atoms with van der Waals surface area (Å²) < 4.78 is 16.4. The summed E-state index contributed by atoms with van der Waals surface area (Å²) in [5, 5.41) is 0. The second-order valence-electron chi connectivity index (χ2n) is 12.8. The molecule has 0 amide bonds. The molecule has 0 aromatic carbocycles. The van der Waals surface area contributed by atoms with Gasteiger partial charge in [0, 0.05) is 11.8 Å². The Bertz CT molecular complexity index is 1040. The third kappa shape index (κ3) is 7.47. The monoisotopic (exact) mass is 556 g/mol. The fourth-order valence-corrected chi connectivity index (χ4v) is 7.41. The van der Waals surface area contributed by atoms with E-state index in [4.69, 9.17) is 14.2 Å². The predicted molar refractivity (Wildman–Crippen MR) is 157 cm³/mol. The molecule has 1 heterocycles. The molecule has 0 aromatic rings. The molecular weight excluding hydrogens is 504 g/mol. The van der Waals surface area contributed by atoms with E-state index in [2.05, 4.69) is 33.8 Å². The van der Waals surface area contributed by atoms with E-state index in [0.29, 0.717) is 42.8 Å². The van der Waals surface area contributed by atoms with Crippen molar-refractivity contribution in [1.29, 1.82) is 0 Å². The number of fused-ring (bicyclic) bond motifs is 1. The molecule has 7 unspecified atom stereocenters. The third-order valence-electron chi connectivity index (χ3n) is 9.95. The third-order valence-corrected chi connectivity index (χ3v) is 9.95. The van der Waals surface area contributed by atoms with Gasteiger partial charge >= 0.3 is 11.9 Å². The Kier molecular flexibility index (Phi) is 11.3. The smallest absolute Gasteiger partial charge is 0.341 e. The Morgan fingerprint density at radius 2 is 1.82 bits per heavy atom. The molecule has 2 saturated carbocycles. The maximum Gasteiger partial charge on any atom is 0.341 e. The van der Waals surface area contributed by atoms with E-state index in [1.54, 1.807) is 13.0 Å². The first-order valence-electron chi connectivity index (χ1n) is 15.5. The molecule has 40 heavy (non-hydrogen) atoms. The summed E-state index contributed by atoms with van der Waals surface area (Å²) in [4.78, 5) is 35.5. The van der Waals surface area contributed by atoms with Crippen LogP contribution in [0.25, 0.3) is 0 Å². The number of allylic oxidation sites excluding steroid dienone is 4. The van der Waals surface area contributed by atoms with Crippen LogP contribution in [0.2, 0.25) is 0 Å². The van der Waals surface area contributed by atoms with Crippen LogP contribution in [0.4, 0.5) is 0 Å². The van der Waals surface area contributed by atoms with Crippen LogP contribution in [0.3, 0.4) is 0 Å². The van der Waals surface area contributed by atoms with Crippen molar-refractivity contribution in [2.24, 2.45) is 35.5 Å². The van der Waals surface area contributed by atoms with Crippen LogP contribution >= 0.6 is 0 Å². The van der Waals surface area contributed by atoms with Crippen molar-refractivity contribution < 1.29 is 28.6 Å². The maximum absolute atomic E-state index is 12.3. The van der Waals surface area contributed by atoms with Gasteiger partial charge in [-0.1, -0.05) is 31.6 Å². The van der Waals surface area contributed by atoms with Crippen LogP contribution in [0.15, 0.2) is 34.6 Å². The first kappa shape index (κ1) is 32.1. The fraction of sp³-hybridized carbons (Fsp3) is 0.735. The summed E-state index contributed by atoms with van der Waals surface area (Å²) in [5.74, 6) is 3.40. The number of Topliss-reactive ketones (excluding diaryl/α,β-unsaturated/α-hetero) is 1. The lowest BCUT2D eigenvalue weighted by Crippen LogP contribution is -2.54. The molecule has 6 heteroatoms. The summed E-state index contributed by atoms with van der Waals surface area (Å²) in [6.45, 7) is 16.7. The maximum atomic E-state index is 12.3. The molecule has 0 N–H and O–H groups in total. The minimum absolute atomic E-state index is 0.0681. The number of rotatable bonds is 8. The minimum Gasteiger partial charge on any atom is -0.491 e. The molecule has 0 saturated heterocycles. The number of hydrogen-bond donors (Lipinski definition) is 0. The Morgan fingerprint density at radius 3 is 2.42 bits per heavy atom. The standard InChI is InChI=1S/2C17H26O3/c1-5-19-16(18)15-11(3)20-17(4)7-6-12-9-14(17)13(15)8-10(12)2;1-5-20-17(19)16(14(4)18)11-8-13(3)15-9-6-12(2)7-10-15/h10,12-14H,5-9H2,1-4H3;6,11,13,15H,5,7-10H2,1-4H3/b;16-11-. The van der Waals surface area contributed by atoms with Crippen LogP contribution in [-0.2, 0) is 28.6 Å². The van der Waals surface area contributed by atoms with E-state index in [-0.39, 0.29) is 22.9 Å². The Hall–Kier alpha value is -2.37. The normalized spacial score (nSPS) is 32.0. The molecule has 0 spiro atoms. The van der Waals surface area contributed by atoms with Crippen molar-refractivity contribution >= 4 is 17.7 Å². The second-order valence-corrected chi connectivity index (χ2v) is 12.8. The zero-order chi connectivity index (χ0) is 29.6. The Labute approximate surface area is 242 Å². The van der Waals surface area contributed by atoms with Gasteiger partial charge in [-0.15, -0.1) is 0 Å². The zero-order valence-electron chi connectivity index (χ0n) is 26.1. The summed E-state index contributed by atoms with van der Waals surface area (Å²) in [6.07, 6.45) is 13.0. The van der Waals surface area contributed by atoms with Gasteiger partial charge < -0.3 is 14.2 Å². The SMILES string of the molecule is CCOC(=O)/C(=C\CC(C)C1CC=C(C)CC1)C(C)=O.CCOC(=O)C1=C(C)OC2(C)CCC3CC2C1CC3C. The summed E-state index contributed by atoms with van der Waals surface area (Å²) in [7, 11) is 0. The average Bonchev–Trinajstić information content (AvgIpc) is 2.89. The highest BCUT2D eigenvalue weighted by atomic mass is 16.5. The highest BCUT2D eigenvalue weighted by molar-refractivity contribution is 6.16. The molecule has 4 rings (SSSR count). The van der Waals surface area contributed by atoms with Gasteiger partial charge in [0.15, 0.2) is 5.78 Å². The molecule has 2 bridgehead atoms. The van der Waals surface area contributed by atoms with Gasteiger partial charge in [0.25, 0.3) is 0 Å². The lowest BCUT2D eigenvalue weighted by molar-refractivity contribution is -0.152. The van der Waals surface area contributed by atoms with Gasteiger partial charge in [0.1, 0.15) is 11.4 Å². The highest BCUT2D eigenvalue weighted by Crippen LogP contribution is 2.57. The fourth-order valence-electron chi connectivity index (χ4n) is 7.41. The molecular formula is C34H52O6. The first-order valence-corrected chi connectivity index (χ1v) is 15.5. The van der Waals surface area contributed by atoms with E-state index < -0.39 is 5.97 Å². The predicted octanol–water partition coefficient (Wildman–Crippen LogP) is 7.52. The van der Waals surface area contributed by atoms with Gasteiger partial charge in [0.2, 0.25) is 0 Å². The Morgan fingerprint density at radius 1 is 1.12 bits per heavy atom. The molecule has 6 nitrogen and oxygen atoms in total. The molecule has 4 aliphatic rings. The van der Waals surface area contributed by atoms with Crippen molar-refractivity contribution in [3.63, 3.8) is 0 Å². The van der Waals surface area contributed by atoms with E-state index in [9.17, 15) is 14.4 Å². The lowest BCUT2D eigenvalue weighted by Gasteiger charge is -2.56. The molecule has 7 atom stereocenters. The van der Waals surface area contributed by atoms with Crippen molar-refractivity contribution in [2.75, 3.05) is 13.2 Å². The van der Waals surface area contributed by atoms with E-state index in [1.165, 1.54) is 31.8 Å². The van der Waals surface area contributed by atoms with E-state index >= 15 is 0 Å². The molecule has 0 radical (unpaired) electrons. The topological polar surface area (TPSA) is 78.9 Å². The second kappa shape index (κ2) is 14.0. The molecule has 1 aliphatic heterocycles. The quantitative estimate of drug-likeness (QED) is 0.101. The van der Waals surface area contributed by atoms with Crippen LogP contribution in [0, 0.1) is 35.5 Å². The van der Waals surface area contributed by atoms with Crippen molar-refractivity contribution in [2.45, 2.75) is 112 Å². The minimum atomic E-state index is -0.494. The summed E-state index contributed by atoms with van der Waals surface area (Å²) in [5.41, 5.74) is 2.42. The van der Waals surface area contributed by atoms with Crippen molar-refractivity contribution in [3.05, 3.63) is 34.6 Å². The zero-order valence-corrected chi connectivity index (χ0v) is 26.1. The molecule has 3 aliphatic carbocycles. The van der Waals surface area contributed by atoms with E-state index in [0.717, 1.165) is 49.4 Å². The lowest BCUT2D eigenvalue weighted by atomic mass is 9.55. The highest BCUT2D eigenvalue weighted by Gasteiger charge is 2.55. The van der Waals surface area contributed by atoms with Crippen molar-refractivity contribution in [3.8, 4) is 0 Å². The van der Waals surface area contributed by atoms with Crippen LogP contribution in [-0.4, -0.2) is 36.5 Å². The van der Waals surface area contributed by atoms with Gasteiger partial charge in [-0.3, -0.25) is 4.79 Å². The van der Waals surface area contributed by atoms with Gasteiger partial charge in [0.05, 0.1) is 24.4 Å². The van der Waals surface area contributed by atoms with Gasteiger partial charge in [-0.25, -0.2) is 9.59 Å². The Balaban J connectivity index is 0.000000220. The number of ketones is 1. The number of esters is 2. The summed E-state index contributed by atoms with van der Waals surface area (Å²) in [6, 6.07) is 0. The first-order chi connectivity index (χ1) is 18.9. The number of hydrogen-bond acceptors (Lipinski definition) is 6. The van der Waals surface area contributed by atoms with E-state index in [1.807, 2.05) is 13.8 Å². The molecule has 224 valence electrons. The van der Waals surface area contributed by atoms with Gasteiger partial charge in [-0.05, 0) is 117 Å². The number of carbonyl (C=O) groups excluding carboxylic acids is 3. The van der Waals surface area contributed by atoms with Crippen LogP contribution in [0.5, 0.6) is 0 Å². The molecule has 2 fully saturated rings. The summed E-state index contributed by atoms with van der Waals surface area (Å²) >= 11 is 0. The number of carbonyl (C=O) groups is 3. The average molecular weight is 557 g/mol. The largest absolute Gasteiger partial charge is 0.491 e.